The Balaban J connectivity index is 0. The Morgan fingerprint density at radius 1 is 1.40 bits per heavy atom. The van der Waals surface area contributed by atoms with Crippen LogP contribution in [0.15, 0.2) is 0 Å². The van der Waals surface area contributed by atoms with Gasteiger partial charge in [0.05, 0.1) is 5.34 Å². The van der Waals surface area contributed by atoms with E-state index in [-0.39, 0.29) is 18.6 Å². The summed E-state index contributed by atoms with van der Waals surface area (Å²) >= 11 is 6.13. The molecule has 0 rings (SSSR count). The Bertz CT molecular complexity index is 107. The normalized spacial score (nSPS) is 7.90. The molecule has 0 aliphatic rings. The van der Waals surface area contributed by atoms with Gasteiger partial charge >= 0.3 is 44.7 Å². The summed E-state index contributed by atoms with van der Waals surface area (Å²) in [6.45, 7) is -0.345. The van der Waals surface area contributed by atoms with Gasteiger partial charge in [0.15, 0.2) is 0 Å². The van der Waals surface area contributed by atoms with Crippen LogP contribution in [-0.2, 0) is 26.4 Å². The van der Waals surface area contributed by atoms with E-state index < -0.39 is 15.4 Å². The molecule has 62 valence electrons. The second kappa shape index (κ2) is 12.4. The van der Waals surface area contributed by atoms with E-state index >= 15 is 0 Å². The fraction of sp³-hybridized carbons (Fsp3) is 1.00. The number of aliphatic hydroxyl groups excluding tert-OH is 1. The Morgan fingerprint density at radius 3 is 1.90 bits per heavy atom. The van der Waals surface area contributed by atoms with E-state index in [0.29, 0.717) is 0 Å². The maximum absolute atomic E-state index is 9.54. The quantitative estimate of drug-likeness (QED) is 0.721. The number of hydrogen-bond donors (Lipinski definition) is 1. The summed E-state index contributed by atoms with van der Waals surface area (Å²) in [4.78, 5) is 0. The summed E-state index contributed by atoms with van der Waals surface area (Å²) in [5, 5.41) is 8.13. The van der Waals surface area contributed by atoms with Crippen LogP contribution in [0.2, 0.25) is 0 Å². The van der Waals surface area contributed by atoms with Gasteiger partial charge in [0, 0.05) is 0 Å². The minimum atomic E-state index is -3.40. The van der Waals surface area contributed by atoms with Crippen LogP contribution in [0.5, 0.6) is 0 Å². The first-order chi connectivity index (χ1) is 4.68. The number of alkyl halides is 2. The van der Waals surface area contributed by atoms with Crippen molar-refractivity contribution in [3.63, 3.8) is 0 Å². The van der Waals surface area contributed by atoms with Crippen LogP contribution in [0.1, 0.15) is 0 Å². The second-order valence-electron chi connectivity index (χ2n) is 0.881. The van der Waals surface area contributed by atoms with Crippen molar-refractivity contribution >= 4 is 23.2 Å². The van der Waals surface area contributed by atoms with Crippen molar-refractivity contribution in [3.05, 3.63) is 0 Å². The molecule has 0 aliphatic heterocycles. The summed E-state index contributed by atoms with van der Waals surface area (Å²) in [7, 11) is 0. The van der Waals surface area contributed by atoms with Gasteiger partial charge < -0.3 is 0 Å². The van der Waals surface area contributed by atoms with Crippen molar-refractivity contribution in [1.82, 2.24) is 0 Å². The monoisotopic (exact) mass is 228 g/mol. The van der Waals surface area contributed by atoms with Crippen molar-refractivity contribution < 1.29 is 31.5 Å². The molecule has 0 amide bonds. The molecule has 0 saturated carbocycles. The number of halogens is 2. The van der Waals surface area contributed by atoms with Gasteiger partial charge in [-0.25, -0.2) is 0 Å². The summed E-state index contributed by atoms with van der Waals surface area (Å²) < 4.78 is 23.1. The minimum absolute atomic E-state index is 0.104. The van der Waals surface area contributed by atoms with E-state index in [9.17, 15) is 7.35 Å². The van der Waals surface area contributed by atoms with E-state index in [1.165, 1.54) is 0 Å². The first-order valence-electron chi connectivity index (χ1n) is 2.19. The van der Waals surface area contributed by atoms with Gasteiger partial charge in [0.2, 0.25) is 0 Å². The summed E-state index contributed by atoms with van der Waals surface area (Å²) in [6, 6.07) is 0. The van der Waals surface area contributed by atoms with Crippen molar-refractivity contribution in [1.29, 1.82) is 0 Å². The van der Waals surface area contributed by atoms with Gasteiger partial charge in [-0.05, 0) is 0 Å². The predicted octanol–water partition coefficient (Wildman–Crippen LogP) is 0.641. The fourth-order valence-corrected chi connectivity index (χ4v) is 0.476. The Labute approximate surface area is 73.4 Å². The van der Waals surface area contributed by atoms with Crippen LogP contribution in [0.4, 0.5) is 0 Å². The van der Waals surface area contributed by atoms with Crippen LogP contribution in [0.3, 0.4) is 0 Å². The maximum atomic E-state index is 9.54. The molecule has 0 aliphatic carbocycles. The summed E-state index contributed by atoms with van der Waals surface area (Å²) in [5.41, 5.74) is 0. The Kier molecular flexibility index (Phi) is 16.4. The van der Waals surface area contributed by atoms with Gasteiger partial charge in [-0.3, -0.25) is 0 Å². The van der Waals surface area contributed by atoms with Crippen molar-refractivity contribution in [2.45, 2.75) is 0 Å². The molecular formula is C3H7Cl2O4V. The van der Waals surface area contributed by atoms with Crippen LogP contribution in [0.25, 0.3) is 0 Å². The molecule has 0 bridgehead atoms. The SMILES string of the molecule is ClCCl.[O]=[V](=[O])[O]CCO. The van der Waals surface area contributed by atoms with E-state index in [1.54, 1.807) is 0 Å². The molecule has 0 atom stereocenters. The van der Waals surface area contributed by atoms with Gasteiger partial charge in [0.25, 0.3) is 0 Å². The molecule has 0 aromatic heterocycles. The Morgan fingerprint density at radius 2 is 1.80 bits per heavy atom. The Hall–Kier alpha value is 0.684. The van der Waals surface area contributed by atoms with Crippen molar-refractivity contribution in [2.75, 3.05) is 18.6 Å². The van der Waals surface area contributed by atoms with Gasteiger partial charge in [0.1, 0.15) is 0 Å². The fourth-order valence-electron chi connectivity index (χ4n) is 0.115. The molecule has 1 N–H and O–H groups in total. The van der Waals surface area contributed by atoms with E-state index in [0.717, 1.165) is 0 Å². The zero-order chi connectivity index (χ0) is 8.41. The van der Waals surface area contributed by atoms with Crippen molar-refractivity contribution in [2.24, 2.45) is 0 Å². The third-order valence-electron chi connectivity index (χ3n) is 0.288. The number of aliphatic hydroxyl groups is 1. The zero-order valence-electron chi connectivity index (χ0n) is 5.00. The average Bonchev–Trinajstić information content (AvgIpc) is 1.85. The molecular weight excluding hydrogens is 222 g/mol. The first-order valence-corrected chi connectivity index (χ1v) is 4.97. The van der Waals surface area contributed by atoms with Crippen molar-refractivity contribution in [3.8, 4) is 0 Å². The number of hydrogen-bond acceptors (Lipinski definition) is 4. The van der Waals surface area contributed by atoms with Gasteiger partial charge in [-0.15, -0.1) is 23.2 Å². The third-order valence-corrected chi connectivity index (χ3v) is 0.902. The van der Waals surface area contributed by atoms with Gasteiger partial charge in [-0.2, -0.15) is 0 Å². The van der Waals surface area contributed by atoms with Crippen LogP contribution >= 0.6 is 23.2 Å². The van der Waals surface area contributed by atoms with Crippen LogP contribution < -0.4 is 0 Å². The molecule has 10 heavy (non-hydrogen) atoms. The van der Waals surface area contributed by atoms with Gasteiger partial charge in [-0.1, -0.05) is 0 Å². The molecule has 0 aromatic rings. The molecule has 0 spiro atoms. The van der Waals surface area contributed by atoms with E-state index in [1.807, 2.05) is 0 Å². The molecule has 4 nitrogen and oxygen atoms in total. The summed E-state index contributed by atoms with van der Waals surface area (Å²) in [6.07, 6.45) is 0. The topological polar surface area (TPSA) is 63.6 Å². The predicted molar refractivity (Wildman–Crippen MR) is 31.0 cm³/mol. The first kappa shape index (κ1) is 13.3. The third kappa shape index (κ3) is 23.4. The molecule has 0 radical (unpaired) electrons. The molecule has 7 heteroatoms. The van der Waals surface area contributed by atoms with Crippen LogP contribution in [0, 0.1) is 0 Å². The zero-order valence-corrected chi connectivity index (χ0v) is 7.90. The van der Waals surface area contributed by atoms with E-state index in [2.05, 4.69) is 3.66 Å². The molecule has 0 saturated heterocycles. The van der Waals surface area contributed by atoms with E-state index in [4.69, 9.17) is 28.3 Å². The molecule has 0 fully saturated rings. The molecule has 0 heterocycles. The number of rotatable bonds is 3. The second-order valence-corrected chi connectivity index (χ2v) is 2.79. The van der Waals surface area contributed by atoms with Crippen LogP contribution in [-0.4, -0.2) is 23.7 Å². The average molecular weight is 229 g/mol. The summed E-state index contributed by atoms with van der Waals surface area (Å²) in [5.74, 6) is 0. The molecule has 0 unspecified atom stereocenters. The molecule has 0 aromatic carbocycles. The standard InChI is InChI=1S/C2H5O2.CH2Cl2.2O.V/c3-1-2-4;2-1-3;;;/h3H,1-2H2;1H2;;;/q-1;;;;+1.